The van der Waals surface area contributed by atoms with Gasteiger partial charge in [-0.25, -0.2) is 33.1 Å². The Morgan fingerprint density at radius 2 is 1.91 bits per heavy atom. The number of imidazole rings is 1. The molecule has 8 nitrogen and oxygen atoms in total. The quantitative estimate of drug-likeness (QED) is 0.445. The van der Waals surface area contributed by atoms with Gasteiger partial charge in [0, 0.05) is 6.07 Å². The van der Waals surface area contributed by atoms with E-state index in [2.05, 4.69) is 30.2 Å². The Labute approximate surface area is 177 Å². The molecule has 2 aromatic carbocycles. The van der Waals surface area contributed by atoms with Crippen molar-refractivity contribution in [3.05, 3.63) is 82.7 Å². The number of nitrogens with zero attached hydrogens (tertiary/aromatic N) is 5. The summed E-state index contributed by atoms with van der Waals surface area (Å²) < 4.78 is 44.0. The fourth-order valence-electron chi connectivity index (χ4n) is 3.53. The predicted octanol–water partition coefficient (Wildman–Crippen LogP) is 3.64. The number of rotatable bonds is 4. The van der Waals surface area contributed by atoms with E-state index in [4.69, 9.17) is 0 Å². The Morgan fingerprint density at radius 1 is 1.06 bits per heavy atom. The molecule has 0 saturated carbocycles. The van der Waals surface area contributed by atoms with Crippen LogP contribution >= 0.6 is 0 Å². The average Bonchev–Trinajstić information content (AvgIpc) is 3.25. The molecule has 2 N–H and O–H groups in total. The number of fused-ring (bicyclic) bond motifs is 2. The number of hydrogen-bond donors (Lipinski definition) is 2. The summed E-state index contributed by atoms with van der Waals surface area (Å²) in [7, 11) is 0. The molecule has 160 valence electrons. The molecule has 3 aromatic heterocycles. The zero-order valence-electron chi connectivity index (χ0n) is 16.5. The molecule has 0 spiro atoms. The minimum absolute atomic E-state index is 0.0314. The minimum Gasteiger partial charge on any atom is -0.358 e. The topological polar surface area (TPSA) is 101 Å². The molecule has 3 heterocycles. The number of aromatic amines is 1. The van der Waals surface area contributed by atoms with Crippen LogP contribution in [0.5, 0.6) is 0 Å². The highest BCUT2D eigenvalue weighted by Crippen LogP contribution is 2.25. The number of hydrogen-bond acceptors (Lipinski definition) is 6. The molecule has 0 fully saturated rings. The molecule has 0 aliphatic heterocycles. The van der Waals surface area contributed by atoms with Gasteiger partial charge in [-0.15, -0.1) is 0 Å². The van der Waals surface area contributed by atoms with Crippen LogP contribution in [0, 0.1) is 17.5 Å². The van der Waals surface area contributed by atoms with Crippen molar-refractivity contribution in [2.45, 2.75) is 13.0 Å². The maximum absolute atomic E-state index is 14.7. The van der Waals surface area contributed by atoms with Crippen LogP contribution < -0.4 is 10.9 Å². The van der Waals surface area contributed by atoms with Crippen molar-refractivity contribution in [3.63, 3.8) is 0 Å². The molecule has 11 heteroatoms. The van der Waals surface area contributed by atoms with Gasteiger partial charge in [-0.3, -0.25) is 9.36 Å². The van der Waals surface area contributed by atoms with Crippen LogP contribution in [0.1, 0.15) is 18.8 Å². The maximum Gasteiger partial charge on any atom is 0.269 e. The van der Waals surface area contributed by atoms with Crippen molar-refractivity contribution < 1.29 is 13.2 Å². The lowest BCUT2D eigenvalue weighted by atomic mass is 10.2. The normalized spacial score (nSPS) is 12.4. The monoisotopic (exact) mass is 437 g/mol. The Balaban J connectivity index is 1.75. The van der Waals surface area contributed by atoms with Crippen LogP contribution in [-0.4, -0.2) is 29.5 Å². The largest absolute Gasteiger partial charge is 0.358 e. The zero-order chi connectivity index (χ0) is 22.4. The fraction of sp³-hybridized carbons (Fsp3) is 0.0952. The number of H-pyrrole nitrogens is 1. The van der Waals surface area contributed by atoms with E-state index in [1.54, 1.807) is 6.92 Å². The molecule has 0 aliphatic rings. The van der Waals surface area contributed by atoms with Crippen LogP contribution in [-0.2, 0) is 0 Å². The van der Waals surface area contributed by atoms with Crippen molar-refractivity contribution >= 4 is 27.9 Å². The summed E-state index contributed by atoms with van der Waals surface area (Å²) in [5, 5.41) is 2.75. The van der Waals surface area contributed by atoms with Gasteiger partial charge in [0.25, 0.3) is 5.56 Å². The van der Waals surface area contributed by atoms with E-state index in [1.165, 1.54) is 24.8 Å². The number of benzene rings is 2. The van der Waals surface area contributed by atoms with Crippen LogP contribution in [0.2, 0.25) is 0 Å². The Kier molecular flexibility index (Phi) is 4.58. The third-order valence-corrected chi connectivity index (χ3v) is 4.99. The molecule has 1 atom stereocenters. The number of anilines is 1. The zero-order valence-corrected chi connectivity index (χ0v) is 16.5. The van der Waals surface area contributed by atoms with Gasteiger partial charge in [-0.05, 0) is 31.2 Å². The van der Waals surface area contributed by atoms with E-state index in [-0.39, 0.29) is 22.4 Å². The van der Waals surface area contributed by atoms with Gasteiger partial charge in [0.1, 0.15) is 40.5 Å². The third kappa shape index (κ3) is 3.14. The number of nitrogens with one attached hydrogen (secondary N) is 2. The summed E-state index contributed by atoms with van der Waals surface area (Å²) in [5.41, 5.74) is -0.240. The van der Waals surface area contributed by atoms with Gasteiger partial charge in [-0.2, -0.15) is 0 Å². The molecule has 0 bridgehead atoms. The van der Waals surface area contributed by atoms with Crippen LogP contribution in [0.3, 0.4) is 0 Å². The molecular weight excluding hydrogens is 423 g/mol. The highest BCUT2D eigenvalue weighted by Gasteiger charge is 2.23. The van der Waals surface area contributed by atoms with Gasteiger partial charge >= 0.3 is 0 Å². The smallest absolute Gasteiger partial charge is 0.269 e. The van der Waals surface area contributed by atoms with E-state index < -0.39 is 29.1 Å². The van der Waals surface area contributed by atoms with Crippen molar-refractivity contribution in [3.8, 4) is 5.69 Å². The standard InChI is InChI=1S/C21H14F3N7O/c1-10(29-19-17-18(26-8-25-17)27-9-28-19)20-30-14-4-2-3-13(24)16(14)21(32)31(20)15-7-11(22)5-6-12(15)23/h2-10H,1H3,(H2,25,26,27,28,29)/t10-/m1/s1. The summed E-state index contributed by atoms with van der Waals surface area (Å²) in [4.78, 5) is 32.9. The van der Waals surface area contributed by atoms with Gasteiger partial charge < -0.3 is 10.3 Å². The first-order chi connectivity index (χ1) is 15.4. The maximum atomic E-state index is 14.7. The lowest BCUT2D eigenvalue weighted by Crippen LogP contribution is -2.28. The molecule has 0 amide bonds. The van der Waals surface area contributed by atoms with E-state index in [0.717, 1.165) is 28.8 Å². The lowest BCUT2D eigenvalue weighted by molar-refractivity contribution is 0.583. The van der Waals surface area contributed by atoms with Crippen LogP contribution in [0.4, 0.5) is 19.0 Å². The number of aromatic nitrogens is 6. The first-order valence-corrected chi connectivity index (χ1v) is 9.51. The predicted molar refractivity (Wildman–Crippen MR) is 111 cm³/mol. The fourth-order valence-corrected chi connectivity index (χ4v) is 3.53. The summed E-state index contributed by atoms with van der Waals surface area (Å²) >= 11 is 0. The van der Waals surface area contributed by atoms with Crippen LogP contribution in [0.25, 0.3) is 27.8 Å². The molecule has 5 aromatic rings. The van der Waals surface area contributed by atoms with Gasteiger partial charge in [0.05, 0.1) is 23.6 Å². The highest BCUT2D eigenvalue weighted by molar-refractivity contribution is 5.82. The Hall–Kier alpha value is -4.28. The second kappa shape index (κ2) is 7.45. The second-order valence-electron chi connectivity index (χ2n) is 7.03. The highest BCUT2D eigenvalue weighted by atomic mass is 19.1. The van der Waals surface area contributed by atoms with Crippen molar-refractivity contribution in [2.75, 3.05) is 5.32 Å². The first kappa shape index (κ1) is 19.7. The van der Waals surface area contributed by atoms with E-state index in [1.807, 2.05) is 0 Å². The summed E-state index contributed by atoms with van der Waals surface area (Å²) in [5.74, 6) is -2.04. The van der Waals surface area contributed by atoms with Gasteiger partial charge in [0.15, 0.2) is 11.5 Å². The molecule has 0 aliphatic carbocycles. The lowest BCUT2D eigenvalue weighted by Gasteiger charge is -2.20. The van der Waals surface area contributed by atoms with Gasteiger partial charge in [-0.1, -0.05) is 6.07 Å². The first-order valence-electron chi connectivity index (χ1n) is 9.51. The van der Waals surface area contributed by atoms with Crippen LogP contribution in [0.15, 0.2) is 53.8 Å². The second-order valence-corrected chi connectivity index (χ2v) is 7.03. The number of halogens is 3. The third-order valence-electron chi connectivity index (χ3n) is 4.99. The van der Waals surface area contributed by atoms with E-state index in [0.29, 0.717) is 17.0 Å². The molecule has 32 heavy (non-hydrogen) atoms. The molecular formula is C21H14F3N7O. The van der Waals surface area contributed by atoms with E-state index >= 15 is 0 Å². The van der Waals surface area contributed by atoms with Crippen molar-refractivity contribution in [1.29, 1.82) is 0 Å². The summed E-state index contributed by atoms with van der Waals surface area (Å²) in [6.45, 7) is 1.66. The van der Waals surface area contributed by atoms with Crippen molar-refractivity contribution in [2.24, 2.45) is 0 Å². The molecule has 0 saturated heterocycles. The van der Waals surface area contributed by atoms with Crippen molar-refractivity contribution in [1.82, 2.24) is 29.5 Å². The average molecular weight is 437 g/mol. The van der Waals surface area contributed by atoms with Gasteiger partial charge in [0.2, 0.25) is 0 Å². The van der Waals surface area contributed by atoms with E-state index in [9.17, 15) is 18.0 Å². The molecule has 5 rings (SSSR count). The summed E-state index contributed by atoms with van der Waals surface area (Å²) in [6.07, 6.45) is 2.76. The Bertz CT molecular complexity index is 1550. The minimum atomic E-state index is -0.865. The summed E-state index contributed by atoms with van der Waals surface area (Å²) in [6, 6.07) is 5.93. The Morgan fingerprint density at radius 3 is 2.75 bits per heavy atom. The molecule has 0 unspecified atom stereocenters. The molecule has 0 radical (unpaired) electrons. The SMILES string of the molecule is C[C@@H](Nc1ncnc2nc[nH]c12)c1nc2cccc(F)c2c(=O)n1-c1cc(F)ccc1F.